The van der Waals surface area contributed by atoms with E-state index in [-0.39, 0.29) is 42.2 Å². The van der Waals surface area contributed by atoms with Crippen LogP contribution in [0.3, 0.4) is 0 Å². The molecule has 3 heterocycles. The second-order valence-corrected chi connectivity index (χ2v) is 8.49. The van der Waals surface area contributed by atoms with Gasteiger partial charge in [-0.05, 0) is 30.5 Å². The molecule has 31 heavy (non-hydrogen) atoms. The predicted molar refractivity (Wildman–Crippen MR) is 134 cm³/mol. The summed E-state index contributed by atoms with van der Waals surface area (Å²) in [6.07, 6.45) is 2.53. The number of benzene rings is 1. The van der Waals surface area contributed by atoms with E-state index < -0.39 is 0 Å². The summed E-state index contributed by atoms with van der Waals surface area (Å²) >= 11 is 6.30. The van der Waals surface area contributed by atoms with Crippen LogP contribution in [-0.2, 0) is 14.2 Å². The lowest BCUT2D eigenvalue weighted by atomic mass is 10.0. The first kappa shape index (κ1) is 25.0. The third-order valence-corrected chi connectivity index (χ3v) is 6.39. The molecule has 7 nitrogen and oxygen atoms in total. The summed E-state index contributed by atoms with van der Waals surface area (Å²) in [4.78, 5) is 9.32. The van der Waals surface area contributed by atoms with Crippen molar-refractivity contribution in [3.05, 3.63) is 34.9 Å². The lowest BCUT2D eigenvalue weighted by molar-refractivity contribution is -0.0817. The Balaban J connectivity index is 0.00000272. The van der Waals surface area contributed by atoms with Crippen LogP contribution in [0.4, 0.5) is 0 Å². The molecule has 174 valence electrons. The number of hydrogen-bond acceptors (Lipinski definition) is 5. The third kappa shape index (κ3) is 6.68. The lowest BCUT2D eigenvalue weighted by Gasteiger charge is -2.39. The minimum absolute atomic E-state index is 0. The molecule has 3 atom stereocenters. The van der Waals surface area contributed by atoms with Crippen molar-refractivity contribution in [1.82, 2.24) is 15.1 Å². The smallest absolute Gasteiger partial charge is 0.193 e. The summed E-state index contributed by atoms with van der Waals surface area (Å²) in [5, 5.41) is 4.39. The normalized spacial score (nSPS) is 26.4. The average molecular weight is 565 g/mol. The fourth-order valence-electron chi connectivity index (χ4n) is 4.57. The molecule has 3 fully saturated rings. The Hall–Kier alpha value is -0.650. The fourth-order valence-corrected chi connectivity index (χ4v) is 4.77. The number of ether oxygens (including phenoxy) is 3. The maximum atomic E-state index is 6.30. The topological polar surface area (TPSA) is 58.6 Å². The summed E-state index contributed by atoms with van der Waals surface area (Å²) in [5.41, 5.74) is 1.21. The Labute approximate surface area is 207 Å². The summed E-state index contributed by atoms with van der Waals surface area (Å²) in [6, 6.07) is 8.37. The molecule has 3 saturated heterocycles. The standard InChI is InChI=1S/C22H33ClN4O3.HI/c1-24-22(27-9-13-30-21(16-27)20-6-3-10-29-20)25-15-19(26-7-11-28-12-8-26)17-4-2-5-18(23)14-17;/h2,4-5,14,19-21H,3,6-13,15-16H2,1H3,(H,24,25);1H. The number of halogens is 2. The van der Waals surface area contributed by atoms with Crippen LogP contribution in [0.2, 0.25) is 5.02 Å². The molecule has 3 unspecified atom stereocenters. The van der Waals surface area contributed by atoms with E-state index >= 15 is 0 Å². The Kier molecular flexibility index (Phi) is 10.1. The molecule has 0 spiro atoms. The number of morpholine rings is 2. The van der Waals surface area contributed by atoms with Gasteiger partial charge in [0, 0.05) is 51.4 Å². The Morgan fingerprint density at radius 1 is 1.16 bits per heavy atom. The third-order valence-electron chi connectivity index (χ3n) is 6.16. The van der Waals surface area contributed by atoms with Gasteiger partial charge in [-0.15, -0.1) is 24.0 Å². The zero-order chi connectivity index (χ0) is 20.8. The van der Waals surface area contributed by atoms with E-state index in [0.717, 1.165) is 76.4 Å². The Bertz CT molecular complexity index is 714. The fraction of sp³-hybridized carbons (Fsp3) is 0.682. The molecule has 0 radical (unpaired) electrons. The van der Waals surface area contributed by atoms with Crippen LogP contribution >= 0.6 is 35.6 Å². The molecule has 9 heteroatoms. The van der Waals surface area contributed by atoms with Gasteiger partial charge in [0.2, 0.25) is 0 Å². The predicted octanol–water partition coefficient (Wildman–Crippen LogP) is 2.79. The van der Waals surface area contributed by atoms with Crippen molar-refractivity contribution in [3.8, 4) is 0 Å². The van der Waals surface area contributed by atoms with Gasteiger partial charge in [-0.2, -0.15) is 0 Å². The van der Waals surface area contributed by atoms with Gasteiger partial charge in [0.15, 0.2) is 5.96 Å². The minimum Gasteiger partial charge on any atom is -0.379 e. The molecular weight excluding hydrogens is 531 g/mol. The minimum atomic E-state index is 0. The summed E-state index contributed by atoms with van der Waals surface area (Å²) in [7, 11) is 1.85. The number of guanidine groups is 1. The van der Waals surface area contributed by atoms with E-state index in [4.69, 9.17) is 25.8 Å². The first-order chi connectivity index (χ1) is 14.7. The lowest BCUT2D eigenvalue weighted by Crippen LogP contribution is -2.54. The molecule has 3 aliphatic heterocycles. The Morgan fingerprint density at radius 2 is 1.97 bits per heavy atom. The average Bonchev–Trinajstić information content (AvgIpc) is 3.33. The molecule has 4 rings (SSSR count). The molecule has 0 aliphatic carbocycles. The van der Waals surface area contributed by atoms with Crippen LogP contribution in [-0.4, -0.2) is 94.2 Å². The molecular formula is C22H34ClIN4O3. The van der Waals surface area contributed by atoms with Crippen molar-refractivity contribution in [2.24, 2.45) is 4.99 Å². The number of rotatable bonds is 5. The van der Waals surface area contributed by atoms with Crippen molar-refractivity contribution in [2.75, 3.05) is 66.2 Å². The molecule has 0 saturated carbocycles. The van der Waals surface area contributed by atoms with Gasteiger partial charge >= 0.3 is 0 Å². The zero-order valence-corrected chi connectivity index (χ0v) is 21.3. The maximum absolute atomic E-state index is 6.30. The van der Waals surface area contributed by atoms with Gasteiger partial charge in [-0.3, -0.25) is 9.89 Å². The van der Waals surface area contributed by atoms with E-state index in [1.54, 1.807) is 0 Å². The van der Waals surface area contributed by atoms with Crippen LogP contribution in [0.25, 0.3) is 0 Å². The van der Waals surface area contributed by atoms with Crippen LogP contribution in [0.5, 0.6) is 0 Å². The summed E-state index contributed by atoms with van der Waals surface area (Å²) < 4.78 is 17.4. The van der Waals surface area contributed by atoms with Gasteiger partial charge in [-0.25, -0.2) is 0 Å². The number of aliphatic imine (C=N–C) groups is 1. The molecule has 3 aliphatic rings. The van der Waals surface area contributed by atoms with Gasteiger partial charge in [-0.1, -0.05) is 23.7 Å². The SMILES string of the molecule is CN=C(NCC(c1cccc(Cl)c1)N1CCOCC1)N1CCOC(C2CCCO2)C1.I. The molecule has 1 N–H and O–H groups in total. The number of nitrogens with one attached hydrogen (secondary N) is 1. The number of nitrogens with zero attached hydrogens (tertiary/aromatic N) is 3. The highest BCUT2D eigenvalue weighted by Gasteiger charge is 2.32. The molecule has 0 aromatic heterocycles. The first-order valence-corrected chi connectivity index (χ1v) is 11.4. The molecule has 1 aromatic carbocycles. The van der Waals surface area contributed by atoms with Crippen molar-refractivity contribution >= 4 is 41.5 Å². The van der Waals surface area contributed by atoms with Crippen molar-refractivity contribution in [2.45, 2.75) is 31.1 Å². The van der Waals surface area contributed by atoms with Gasteiger partial charge in [0.05, 0.1) is 32.0 Å². The largest absolute Gasteiger partial charge is 0.379 e. The van der Waals surface area contributed by atoms with Crippen LogP contribution in [0.15, 0.2) is 29.3 Å². The monoisotopic (exact) mass is 564 g/mol. The van der Waals surface area contributed by atoms with Crippen LogP contribution in [0, 0.1) is 0 Å². The highest BCUT2D eigenvalue weighted by molar-refractivity contribution is 14.0. The highest BCUT2D eigenvalue weighted by atomic mass is 127. The van der Waals surface area contributed by atoms with Gasteiger partial charge in [0.25, 0.3) is 0 Å². The van der Waals surface area contributed by atoms with Gasteiger partial charge in [0.1, 0.15) is 6.10 Å². The quantitative estimate of drug-likeness (QED) is 0.337. The highest BCUT2D eigenvalue weighted by Crippen LogP contribution is 2.25. The van der Waals surface area contributed by atoms with E-state index in [1.165, 1.54) is 5.56 Å². The van der Waals surface area contributed by atoms with Crippen molar-refractivity contribution < 1.29 is 14.2 Å². The number of hydrogen-bond donors (Lipinski definition) is 1. The Morgan fingerprint density at radius 3 is 2.68 bits per heavy atom. The maximum Gasteiger partial charge on any atom is 0.193 e. The van der Waals surface area contributed by atoms with E-state index in [0.29, 0.717) is 6.61 Å². The zero-order valence-electron chi connectivity index (χ0n) is 18.2. The van der Waals surface area contributed by atoms with E-state index in [2.05, 4.69) is 32.2 Å². The summed E-state index contributed by atoms with van der Waals surface area (Å²) in [5.74, 6) is 0.918. The van der Waals surface area contributed by atoms with Crippen molar-refractivity contribution in [3.63, 3.8) is 0 Å². The first-order valence-electron chi connectivity index (χ1n) is 11.0. The van der Waals surface area contributed by atoms with Gasteiger partial charge < -0.3 is 24.4 Å². The van der Waals surface area contributed by atoms with E-state index in [9.17, 15) is 0 Å². The molecule has 0 bridgehead atoms. The molecule has 0 amide bonds. The van der Waals surface area contributed by atoms with Crippen molar-refractivity contribution in [1.29, 1.82) is 0 Å². The van der Waals surface area contributed by atoms with Crippen LogP contribution in [0.1, 0.15) is 24.4 Å². The second kappa shape index (κ2) is 12.6. The summed E-state index contributed by atoms with van der Waals surface area (Å²) in [6.45, 7) is 7.30. The second-order valence-electron chi connectivity index (χ2n) is 8.05. The van der Waals surface area contributed by atoms with E-state index in [1.807, 2.05) is 19.2 Å². The van der Waals surface area contributed by atoms with Crippen LogP contribution < -0.4 is 5.32 Å². The molecule has 1 aromatic rings.